The minimum Gasteiger partial charge on any atom is -0.495 e. The van der Waals surface area contributed by atoms with Gasteiger partial charge in [-0.3, -0.25) is 14.9 Å². The van der Waals surface area contributed by atoms with Crippen LogP contribution < -0.4 is 60.5 Å². The Kier molecular flexibility index (Phi) is 43.7. The largest absolute Gasteiger partial charge is 0.495 e. The molecule has 6 aliphatic heterocycles. The molecule has 6 heterocycles. The summed E-state index contributed by atoms with van der Waals surface area (Å²) in [5.74, 6) is 8.11. The van der Waals surface area contributed by atoms with E-state index in [0.29, 0.717) is 102 Å². The number of nitrogens with one attached hydrogen (secondary N) is 6. The number of benzene rings is 6. The summed E-state index contributed by atoms with van der Waals surface area (Å²) in [5, 5.41) is 32.2. The van der Waals surface area contributed by atoms with E-state index in [1.54, 1.807) is 101 Å². The summed E-state index contributed by atoms with van der Waals surface area (Å²) in [6.45, 7) is 35.4. The van der Waals surface area contributed by atoms with Crippen LogP contribution in [0.5, 0.6) is 28.7 Å². The first-order valence-electron chi connectivity index (χ1n) is 45.6. The normalized spacial score (nSPS) is 16.3. The number of esters is 6. The molecule has 6 aromatic carbocycles. The molecule has 0 atom stereocenters. The van der Waals surface area contributed by atoms with Crippen LogP contribution in [0.1, 0.15) is 208 Å². The van der Waals surface area contributed by atoms with E-state index in [0.717, 1.165) is 172 Å². The van der Waals surface area contributed by atoms with Gasteiger partial charge in [-0.15, -0.1) is 0 Å². The fourth-order valence-corrected chi connectivity index (χ4v) is 17.5. The van der Waals surface area contributed by atoms with Crippen molar-refractivity contribution in [3.63, 3.8) is 0 Å². The molecule has 6 N–H and O–H groups in total. The van der Waals surface area contributed by atoms with Gasteiger partial charge in [-0.25, -0.2) is 24.0 Å². The maximum atomic E-state index is 12.6. The minimum atomic E-state index is -0.560. The number of anilines is 1. The Morgan fingerprint density at radius 1 is 0.424 bits per heavy atom. The summed E-state index contributed by atoms with van der Waals surface area (Å²) in [7, 11) is 11.7. The molecule has 6 fully saturated rings. The molecule has 30 heteroatoms. The number of carbonyl (C=O) groups is 6. The third-order valence-corrected chi connectivity index (χ3v) is 26.1. The third kappa shape index (κ3) is 34.9. The number of rotatable bonds is 26. The molecule has 6 saturated heterocycles. The lowest BCUT2D eigenvalue weighted by molar-refractivity contribution is -0.384. The molecule has 0 aliphatic carbocycles. The number of nitro groups is 1. The van der Waals surface area contributed by atoms with E-state index >= 15 is 0 Å². The first kappa shape index (κ1) is 109. The summed E-state index contributed by atoms with van der Waals surface area (Å²) in [4.78, 5) is 85.9. The highest BCUT2D eigenvalue weighted by molar-refractivity contribution is 6.32. The molecule has 0 bridgehead atoms. The van der Waals surface area contributed by atoms with Crippen LogP contribution in [0, 0.1) is 57.5 Å². The third-order valence-electron chi connectivity index (χ3n) is 25.2. The van der Waals surface area contributed by atoms with E-state index in [9.17, 15) is 38.9 Å². The maximum absolute atomic E-state index is 12.6. The Morgan fingerprint density at radius 3 is 1.26 bits per heavy atom. The molecule has 27 nitrogen and oxygen atoms in total. The van der Waals surface area contributed by atoms with Crippen molar-refractivity contribution >= 4 is 88.1 Å². The molecule has 132 heavy (non-hydrogen) atoms. The van der Waals surface area contributed by atoms with Crippen molar-refractivity contribution in [2.45, 2.75) is 200 Å². The second-order valence-corrected chi connectivity index (χ2v) is 38.2. The van der Waals surface area contributed by atoms with Gasteiger partial charge in [0, 0.05) is 101 Å². The number of halogens is 3. The van der Waals surface area contributed by atoms with Gasteiger partial charge >= 0.3 is 35.8 Å². The van der Waals surface area contributed by atoms with Gasteiger partial charge < -0.3 is 88.9 Å². The summed E-state index contributed by atoms with van der Waals surface area (Å²) in [5.41, 5.74) is 1.50. The number of hydrogen-bond donors (Lipinski definition) is 6. The molecule has 12 rings (SSSR count). The summed E-state index contributed by atoms with van der Waals surface area (Å²) in [6, 6.07) is 34.3. The van der Waals surface area contributed by atoms with Gasteiger partial charge in [0.25, 0.3) is 5.69 Å². The Hall–Kier alpha value is -9.73. The lowest BCUT2D eigenvalue weighted by Crippen LogP contribution is -2.43. The van der Waals surface area contributed by atoms with Crippen LogP contribution in [0.4, 0.5) is 11.4 Å². The molecule has 724 valence electrons. The Bertz CT molecular complexity index is 4800. The standard InChI is InChI=1S/C17H21ClN2O4.C17H24ClNO3.C17H20ClNO2.C17H26N2O2.2C17H25NO4/c1-17(2,13-7-9-19-10-8-13)24-16(21)6-3-12-11-14(20(22)23)4-5-15(12)18;1-17(2,13-6-8-19-9-7-13)22-16(20)11-12-4-5-15(21-3)14(18)10-12;1-17(2,14-9-11-19-12-10-14)21-16(20)8-5-13-3-6-15(18)7-4-13;1-17(2,14-8-10-18-11-9-14)21-16(20)13-6-5-7-15(12-13)19(3)4;1-17(2,13-7-9-18-10-8-13)22-16(19)12-5-6-14(20-3)15(11-12)21-4;1-17(2,12-8-10-18-11-9-12)22-16(19)13-6-5-7-14(20-3)15(13)21-4/h3-6,11,13,19H,7-10H2,1-2H3;4-5,10,13,19H,6-9,11H2,1-3H3;3-4,6-7,14,19H,9-12H2,1-2H3;5-7,12,14,18H,8-11H2,1-4H3;5-6,11,13,18H,7-10H2,1-4H3;5-7,12,18H,8-11H2,1-4H3/b6-3+;;;;;. The predicted octanol–water partition coefficient (Wildman–Crippen LogP) is 17.8. The highest BCUT2D eigenvalue weighted by Gasteiger charge is 2.41. The van der Waals surface area contributed by atoms with E-state index in [1.807, 2.05) is 132 Å². The summed E-state index contributed by atoms with van der Waals surface area (Å²) >= 11 is 17.9. The zero-order valence-electron chi connectivity index (χ0n) is 80.6. The Labute approximate surface area is 796 Å². The van der Waals surface area contributed by atoms with Crippen LogP contribution in [0.25, 0.3) is 6.08 Å². The Morgan fingerprint density at radius 2 is 0.833 bits per heavy atom. The van der Waals surface area contributed by atoms with Crippen molar-refractivity contribution in [1.29, 1.82) is 0 Å². The van der Waals surface area contributed by atoms with E-state index in [-0.39, 0.29) is 36.0 Å². The zero-order valence-corrected chi connectivity index (χ0v) is 82.9. The van der Waals surface area contributed by atoms with Gasteiger partial charge in [-0.2, -0.15) is 0 Å². The number of non-ortho nitro benzene ring substituents is 1. The summed E-state index contributed by atoms with van der Waals surface area (Å²) < 4.78 is 60.3. The van der Waals surface area contributed by atoms with E-state index in [2.05, 4.69) is 43.7 Å². The monoisotopic (exact) mass is 1890 g/mol. The number of para-hydroxylation sites is 1. The first-order chi connectivity index (χ1) is 62.5. The smallest absolute Gasteiger partial charge is 0.385 e. The van der Waals surface area contributed by atoms with Crippen molar-refractivity contribution in [3.05, 3.63) is 186 Å². The topological polar surface area (TPSA) is 323 Å². The number of carbonyl (C=O) groups excluding carboxylic acids is 6. The molecular formula is C102H141Cl3N8O19. The molecule has 0 saturated carbocycles. The van der Waals surface area contributed by atoms with Crippen molar-refractivity contribution in [3.8, 4) is 40.6 Å². The molecule has 0 unspecified atom stereocenters. The van der Waals surface area contributed by atoms with Gasteiger partial charge in [0.05, 0.1) is 63.0 Å². The number of nitrogens with zero attached hydrogens (tertiary/aromatic N) is 2. The number of nitro benzene ring substituents is 1. The average Bonchev–Trinajstić information content (AvgIpc) is 0.807. The molecule has 6 aromatic rings. The van der Waals surface area contributed by atoms with Gasteiger partial charge in [0.1, 0.15) is 44.9 Å². The van der Waals surface area contributed by atoms with Crippen molar-refractivity contribution in [1.82, 2.24) is 31.9 Å². The molecule has 0 amide bonds. The fourth-order valence-electron chi connectivity index (χ4n) is 16.9. The second kappa shape index (κ2) is 52.8. The molecule has 6 aliphatic rings. The number of piperidine rings is 6. The van der Waals surface area contributed by atoms with Crippen LogP contribution >= 0.6 is 34.8 Å². The predicted molar refractivity (Wildman–Crippen MR) is 520 cm³/mol. The highest BCUT2D eigenvalue weighted by Crippen LogP contribution is 2.39. The first-order valence-corrected chi connectivity index (χ1v) is 46.7. The fraction of sp³-hybridized carbons (Fsp3) is 0.549. The van der Waals surface area contributed by atoms with Gasteiger partial charge in [-0.05, 0) is 341 Å². The quantitative estimate of drug-likeness (QED) is 0.00734. The molecule has 0 radical (unpaired) electrons. The van der Waals surface area contributed by atoms with Crippen LogP contribution in [0.15, 0.2) is 127 Å². The van der Waals surface area contributed by atoms with Crippen LogP contribution in [-0.2, 0) is 49.2 Å². The molecule has 0 spiro atoms. The van der Waals surface area contributed by atoms with Crippen LogP contribution in [-0.4, -0.2) is 203 Å². The summed E-state index contributed by atoms with van der Waals surface area (Å²) in [6.07, 6.45) is 15.1. The van der Waals surface area contributed by atoms with Crippen LogP contribution in [0.3, 0.4) is 0 Å². The SMILES string of the molecule is CC(C)(OC(=O)/C=C/c1cc([N+](=O)[O-])ccc1Cl)C1CCNCC1.CC(C)(OC(=O)C#Cc1ccc(Cl)cc1)C1CCNCC1.CN(C)c1cccc(C(=O)OC(C)(C)C2CCNCC2)c1.COc1ccc(C(=O)OC(C)(C)C2CCNCC2)cc1OC.COc1ccc(CC(=O)OC(C)(C)C2CCNCC2)cc1Cl.COc1cccc(C(=O)OC(C)(C)C2CCNCC2)c1OC. The van der Waals surface area contributed by atoms with Crippen molar-refractivity contribution in [2.24, 2.45) is 35.5 Å². The molecule has 0 aromatic heterocycles. The maximum Gasteiger partial charge on any atom is 0.385 e. The number of ether oxygens (including phenoxy) is 11. The second-order valence-electron chi connectivity index (χ2n) is 37.0. The van der Waals surface area contributed by atoms with Crippen molar-refractivity contribution in [2.75, 3.05) is 133 Å². The minimum absolute atomic E-state index is 0.0811. The van der Waals surface area contributed by atoms with Gasteiger partial charge in [0.2, 0.25) is 0 Å². The van der Waals surface area contributed by atoms with Crippen molar-refractivity contribution < 1.29 is 85.8 Å². The van der Waals surface area contributed by atoms with E-state index in [4.69, 9.17) is 86.9 Å². The lowest BCUT2D eigenvalue weighted by Gasteiger charge is -2.36. The van der Waals surface area contributed by atoms with Gasteiger partial charge in [-0.1, -0.05) is 58.9 Å². The van der Waals surface area contributed by atoms with Crippen LogP contribution in [0.2, 0.25) is 15.1 Å². The number of methoxy groups -OCH3 is 5. The molecular weight excluding hydrogens is 1750 g/mol. The van der Waals surface area contributed by atoms with E-state index < -0.39 is 50.5 Å². The zero-order chi connectivity index (χ0) is 97.0. The highest BCUT2D eigenvalue weighted by atomic mass is 35.5. The lowest BCUT2D eigenvalue weighted by atomic mass is 9.83. The van der Waals surface area contributed by atoms with E-state index in [1.165, 1.54) is 37.5 Å². The van der Waals surface area contributed by atoms with Gasteiger partial charge in [0.15, 0.2) is 23.0 Å². The number of hydrogen-bond acceptors (Lipinski definition) is 26. The average molecular weight is 1890 g/mol. The Balaban J connectivity index is 0.000000217.